The Morgan fingerprint density at radius 2 is 1.92 bits per heavy atom. The molecule has 0 atom stereocenters. The molecule has 0 saturated carbocycles. The third kappa shape index (κ3) is 7.58. The molecule has 2 nitrogen and oxygen atoms in total. The number of rotatable bonds is 7. The molecule has 71 valence electrons. The van der Waals surface area contributed by atoms with Gasteiger partial charge in [-0.2, -0.15) is 0 Å². The van der Waals surface area contributed by atoms with Crippen molar-refractivity contribution in [3.05, 3.63) is 6.61 Å². The molecule has 2 heteroatoms. The Hall–Kier alpha value is -0.530. The molecule has 0 aliphatic rings. The van der Waals surface area contributed by atoms with Gasteiger partial charge in [0.05, 0.1) is 0 Å². The fourth-order valence-electron chi connectivity index (χ4n) is 1.06. The van der Waals surface area contributed by atoms with Crippen molar-refractivity contribution in [1.29, 1.82) is 0 Å². The molecule has 0 aromatic heterocycles. The number of carbonyl (C=O) groups excluding carboxylic acids is 1. The van der Waals surface area contributed by atoms with Crippen LogP contribution in [0.4, 0.5) is 0 Å². The van der Waals surface area contributed by atoms with Crippen molar-refractivity contribution in [2.24, 2.45) is 0 Å². The van der Waals surface area contributed by atoms with Gasteiger partial charge in [-0.1, -0.05) is 32.6 Å². The number of esters is 1. The summed E-state index contributed by atoms with van der Waals surface area (Å²) in [6.45, 7) is 5.34. The Kier molecular flexibility index (Phi) is 8.19. The monoisotopic (exact) mass is 171 g/mol. The number of carbonyl (C=O) groups is 1. The van der Waals surface area contributed by atoms with Gasteiger partial charge in [0.25, 0.3) is 0 Å². The van der Waals surface area contributed by atoms with Gasteiger partial charge in [-0.3, -0.25) is 4.79 Å². The topological polar surface area (TPSA) is 26.3 Å². The maximum Gasteiger partial charge on any atom is 0.306 e. The minimum Gasteiger partial charge on any atom is -0.459 e. The summed E-state index contributed by atoms with van der Waals surface area (Å²) in [6, 6.07) is 0. The molecule has 0 spiro atoms. The number of hydrogen-bond acceptors (Lipinski definition) is 2. The summed E-state index contributed by atoms with van der Waals surface area (Å²) in [6.07, 6.45) is 6.43. The molecule has 12 heavy (non-hydrogen) atoms. The normalized spacial score (nSPS) is 9.83. The van der Waals surface area contributed by atoms with Crippen molar-refractivity contribution in [3.63, 3.8) is 0 Å². The van der Waals surface area contributed by atoms with Crippen LogP contribution in [0.1, 0.15) is 52.4 Å². The van der Waals surface area contributed by atoms with Crippen LogP contribution in [0.25, 0.3) is 0 Å². The Morgan fingerprint density at radius 3 is 2.50 bits per heavy atom. The molecule has 0 rings (SSSR count). The van der Waals surface area contributed by atoms with Gasteiger partial charge >= 0.3 is 5.97 Å². The maximum absolute atomic E-state index is 10.8. The lowest BCUT2D eigenvalue weighted by molar-refractivity contribution is -0.140. The van der Waals surface area contributed by atoms with Crippen molar-refractivity contribution < 1.29 is 9.53 Å². The summed E-state index contributed by atoms with van der Waals surface area (Å²) in [7, 11) is 0. The fraction of sp³-hybridized carbons (Fsp3) is 0.800. The highest BCUT2D eigenvalue weighted by atomic mass is 16.5. The van der Waals surface area contributed by atoms with E-state index in [0.717, 1.165) is 12.8 Å². The molecule has 0 N–H and O–H groups in total. The van der Waals surface area contributed by atoms with E-state index < -0.39 is 0 Å². The zero-order valence-corrected chi connectivity index (χ0v) is 8.14. The van der Waals surface area contributed by atoms with Gasteiger partial charge in [0.2, 0.25) is 0 Å². The van der Waals surface area contributed by atoms with Gasteiger partial charge in [-0.25, -0.2) is 0 Å². The molecule has 1 radical (unpaired) electrons. The number of hydrogen-bond donors (Lipinski definition) is 0. The summed E-state index contributed by atoms with van der Waals surface area (Å²) in [5.74, 6) is -0.103. The van der Waals surface area contributed by atoms with Gasteiger partial charge in [-0.05, 0) is 13.3 Å². The van der Waals surface area contributed by atoms with E-state index in [2.05, 4.69) is 11.7 Å². The van der Waals surface area contributed by atoms with Crippen LogP contribution in [0.5, 0.6) is 0 Å². The smallest absolute Gasteiger partial charge is 0.306 e. The van der Waals surface area contributed by atoms with E-state index >= 15 is 0 Å². The van der Waals surface area contributed by atoms with E-state index in [0.29, 0.717) is 6.42 Å². The van der Waals surface area contributed by atoms with Crippen molar-refractivity contribution >= 4 is 5.97 Å². The third-order valence-electron chi connectivity index (χ3n) is 1.73. The zero-order valence-electron chi connectivity index (χ0n) is 8.14. The molecule has 0 aromatic rings. The lowest BCUT2D eigenvalue weighted by Crippen LogP contribution is -2.00. The fourth-order valence-corrected chi connectivity index (χ4v) is 1.06. The largest absolute Gasteiger partial charge is 0.459 e. The lowest BCUT2D eigenvalue weighted by atomic mass is 10.1. The van der Waals surface area contributed by atoms with Crippen LogP contribution >= 0.6 is 0 Å². The average Bonchev–Trinajstić information content (AvgIpc) is 2.05. The average molecular weight is 171 g/mol. The molecule has 0 bridgehead atoms. The SMILES string of the molecule is C[CH]OC(=O)CCCCCCC. The Balaban J connectivity index is 3.03. The maximum atomic E-state index is 10.8. The highest BCUT2D eigenvalue weighted by Crippen LogP contribution is 2.05. The predicted octanol–water partition coefficient (Wildman–Crippen LogP) is 3.07. The van der Waals surface area contributed by atoms with Gasteiger partial charge in [-0.15, -0.1) is 0 Å². The second-order valence-electron chi connectivity index (χ2n) is 2.89. The van der Waals surface area contributed by atoms with Crippen molar-refractivity contribution in [3.8, 4) is 0 Å². The Labute approximate surface area is 75.3 Å². The van der Waals surface area contributed by atoms with Crippen LogP contribution in [0, 0.1) is 6.61 Å². The lowest BCUT2D eigenvalue weighted by Gasteiger charge is -2.00. The van der Waals surface area contributed by atoms with E-state index in [1.807, 2.05) is 0 Å². The second-order valence-corrected chi connectivity index (χ2v) is 2.89. The minimum absolute atomic E-state index is 0.103. The summed E-state index contributed by atoms with van der Waals surface area (Å²) >= 11 is 0. The van der Waals surface area contributed by atoms with Crippen LogP contribution in [-0.2, 0) is 9.53 Å². The van der Waals surface area contributed by atoms with E-state index in [1.165, 1.54) is 25.9 Å². The quantitative estimate of drug-likeness (QED) is 0.434. The van der Waals surface area contributed by atoms with Crippen LogP contribution < -0.4 is 0 Å². The van der Waals surface area contributed by atoms with Crippen LogP contribution in [0.2, 0.25) is 0 Å². The van der Waals surface area contributed by atoms with Crippen LogP contribution in [-0.4, -0.2) is 5.97 Å². The van der Waals surface area contributed by atoms with Gasteiger partial charge < -0.3 is 4.74 Å². The molecular weight excluding hydrogens is 152 g/mol. The molecule has 0 aromatic carbocycles. The predicted molar refractivity (Wildman–Crippen MR) is 49.4 cm³/mol. The standard InChI is InChI=1S/C10H19O2/c1-3-5-6-7-8-9-10(11)12-4-2/h4H,3,5-9H2,1-2H3. The van der Waals surface area contributed by atoms with Crippen LogP contribution in [0.3, 0.4) is 0 Å². The van der Waals surface area contributed by atoms with Crippen LogP contribution in [0.15, 0.2) is 0 Å². The molecule has 0 aliphatic heterocycles. The van der Waals surface area contributed by atoms with Gasteiger partial charge in [0.15, 0.2) is 0 Å². The van der Waals surface area contributed by atoms with Crippen molar-refractivity contribution in [1.82, 2.24) is 0 Å². The Bertz CT molecular complexity index is 110. The zero-order chi connectivity index (χ0) is 9.23. The highest BCUT2D eigenvalue weighted by molar-refractivity contribution is 5.69. The van der Waals surface area contributed by atoms with Gasteiger partial charge in [0, 0.05) is 6.42 Å². The molecule has 0 amide bonds. The van der Waals surface area contributed by atoms with Crippen molar-refractivity contribution in [2.75, 3.05) is 0 Å². The Morgan fingerprint density at radius 1 is 1.25 bits per heavy atom. The third-order valence-corrected chi connectivity index (χ3v) is 1.73. The summed E-state index contributed by atoms with van der Waals surface area (Å²) in [4.78, 5) is 10.8. The van der Waals surface area contributed by atoms with E-state index in [-0.39, 0.29) is 5.97 Å². The first-order chi connectivity index (χ1) is 5.81. The van der Waals surface area contributed by atoms with E-state index in [9.17, 15) is 4.79 Å². The molecule has 0 unspecified atom stereocenters. The summed E-state index contributed by atoms with van der Waals surface area (Å²) < 4.78 is 4.68. The number of unbranched alkanes of at least 4 members (excludes halogenated alkanes) is 4. The van der Waals surface area contributed by atoms with E-state index in [4.69, 9.17) is 0 Å². The molecule has 0 heterocycles. The molecule has 0 saturated heterocycles. The summed E-state index contributed by atoms with van der Waals surface area (Å²) in [5.41, 5.74) is 0. The van der Waals surface area contributed by atoms with E-state index in [1.54, 1.807) is 6.92 Å². The molecule has 0 fully saturated rings. The molecular formula is C10H19O2. The minimum atomic E-state index is -0.103. The van der Waals surface area contributed by atoms with Gasteiger partial charge in [0.1, 0.15) is 6.61 Å². The second kappa shape index (κ2) is 8.57. The van der Waals surface area contributed by atoms with Crippen molar-refractivity contribution in [2.45, 2.75) is 52.4 Å². The first-order valence-electron chi connectivity index (χ1n) is 4.78. The number of ether oxygens (including phenoxy) is 1. The molecule has 0 aliphatic carbocycles. The summed E-state index contributed by atoms with van der Waals surface area (Å²) in [5, 5.41) is 0. The first kappa shape index (κ1) is 11.5. The first-order valence-corrected chi connectivity index (χ1v) is 4.78. The highest BCUT2D eigenvalue weighted by Gasteiger charge is 1.99.